The summed E-state index contributed by atoms with van der Waals surface area (Å²) in [6.07, 6.45) is 1.18. The Morgan fingerprint density at radius 3 is 2.93 bits per heavy atom. The molecule has 4 nitrogen and oxygen atoms in total. The molecule has 14 heavy (non-hydrogen) atoms. The van der Waals surface area contributed by atoms with Gasteiger partial charge in [0.1, 0.15) is 0 Å². The van der Waals surface area contributed by atoms with E-state index in [4.69, 9.17) is 0 Å². The van der Waals surface area contributed by atoms with Crippen LogP contribution < -0.4 is 5.56 Å². The Bertz CT molecular complexity index is 557. The topological polar surface area (TPSA) is 62.8 Å². The monoisotopic (exact) mass is 188 g/mol. The average Bonchev–Trinajstić information content (AvgIpc) is 2.16. The van der Waals surface area contributed by atoms with E-state index in [9.17, 15) is 9.59 Å². The maximum atomic E-state index is 11.2. The molecule has 0 saturated heterocycles. The molecular weight excluding hydrogens is 180 g/mol. The number of nitrogens with one attached hydrogen (secondary N) is 1. The highest BCUT2D eigenvalue weighted by Crippen LogP contribution is 2.12. The number of Topliss-reactive ketones (excluding diaryl/α,β-unsaturated/α-hetero) is 1. The van der Waals surface area contributed by atoms with Crippen molar-refractivity contribution in [2.45, 2.75) is 6.92 Å². The molecule has 0 radical (unpaired) electrons. The molecule has 0 aliphatic heterocycles. The Kier molecular flexibility index (Phi) is 1.89. The van der Waals surface area contributed by atoms with Crippen LogP contribution in [0.25, 0.3) is 11.0 Å². The lowest BCUT2D eigenvalue weighted by Gasteiger charge is -2.00. The minimum absolute atomic E-state index is 0.0600. The van der Waals surface area contributed by atoms with Crippen molar-refractivity contribution in [1.29, 1.82) is 0 Å². The Labute approximate surface area is 79.6 Å². The summed E-state index contributed by atoms with van der Waals surface area (Å²) in [4.78, 5) is 28.7. The lowest BCUT2D eigenvalue weighted by atomic mass is 10.1. The minimum atomic E-state index is -0.266. The van der Waals surface area contributed by atoms with E-state index in [1.165, 1.54) is 13.1 Å². The molecule has 4 heteroatoms. The fourth-order valence-corrected chi connectivity index (χ4v) is 1.36. The fourth-order valence-electron chi connectivity index (χ4n) is 1.36. The summed E-state index contributed by atoms with van der Waals surface area (Å²) < 4.78 is 0. The lowest BCUT2D eigenvalue weighted by Crippen LogP contribution is -2.07. The summed E-state index contributed by atoms with van der Waals surface area (Å²) in [6, 6.07) is 5.13. The number of H-pyrrole nitrogens is 1. The van der Waals surface area contributed by atoms with Crippen LogP contribution in [0.2, 0.25) is 0 Å². The predicted molar refractivity (Wildman–Crippen MR) is 52.4 cm³/mol. The van der Waals surface area contributed by atoms with Crippen LogP contribution in [0.4, 0.5) is 0 Å². The number of ketones is 1. The zero-order chi connectivity index (χ0) is 10.1. The Morgan fingerprint density at radius 2 is 2.21 bits per heavy atom. The van der Waals surface area contributed by atoms with Gasteiger partial charge >= 0.3 is 0 Å². The summed E-state index contributed by atoms with van der Waals surface area (Å²) in [5.41, 5.74) is 1.39. The van der Waals surface area contributed by atoms with Crippen LogP contribution in [0, 0.1) is 0 Å². The van der Waals surface area contributed by atoms with Crippen molar-refractivity contribution >= 4 is 16.8 Å². The van der Waals surface area contributed by atoms with E-state index < -0.39 is 0 Å². The maximum Gasteiger partial charge on any atom is 0.266 e. The second-order valence-electron chi connectivity index (χ2n) is 3.01. The summed E-state index contributed by atoms with van der Waals surface area (Å²) in [7, 11) is 0. The van der Waals surface area contributed by atoms with Crippen LogP contribution in [0.3, 0.4) is 0 Å². The Hall–Kier alpha value is -1.97. The zero-order valence-electron chi connectivity index (χ0n) is 7.57. The molecule has 70 valence electrons. The first-order valence-corrected chi connectivity index (χ1v) is 4.17. The number of carbonyl (C=O) groups is 1. The average molecular weight is 188 g/mol. The van der Waals surface area contributed by atoms with Crippen LogP contribution >= 0.6 is 0 Å². The second-order valence-corrected chi connectivity index (χ2v) is 3.01. The van der Waals surface area contributed by atoms with Crippen LogP contribution in [0.5, 0.6) is 0 Å². The third kappa shape index (κ3) is 1.31. The quantitative estimate of drug-likeness (QED) is 0.682. The van der Waals surface area contributed by atoms with Gasteiger partial charge in [-0.2, -0.15) is 0 Å². The fraction of sp³-hybridized carbons (Fsp3) is 0.100. The van der Waals surface area contributed by atoms with Crippen molar-refractivity contribution in [2.75, 3.05) is 0 Å². The van der Waals surface area contributed by atoms with Crippen molar-refractivity contribution in [1.82, 2.24) is 9.97 Å². The molecule has 0 bridgehead atoms. The molecule has 1 N–H and O–H groups in total. The minimum Gasteiger partial charge on any atom is -0.319 e. The van der Waals surface area contributed by atoms with E-state index in [1.807, 2.05) is 0 Å². The number of hydrogen-bond acceptors (Lipinski definition) is 3. The standard InChI is InChI=1S/C10H8N2O2/c1-6(13)7-3-2-4-8-10(7)11-5-9(14)12-8/h2-5H,1H3,(H,12,14). The van der Waals surface area contributed by atoms with E-state index in [0.29, 0.717) is 16.6 Å². The van der Waals surface area contributed by atoms with Crippen molar-refractivity contribution in [3.05, 3.63) is 40.3 Å². The zero-order valence-corrected chi connectivity index (χ0v) is 7.57. The highest BCUT2D eigenvalue weighted by molar-refractivity contribution is 6.04. The first kappa shape index (κ1) is 8.62. The van der Waals surface area contributed by atoms with Gasteiger partial charge in [-0.05, 0) is 19.1 Å². The number of nitrogens with zero attached hydrogens (tertiary/aromatic N) is 1. The van der Waals surface area contributed by atoms with Gasteiger partial charge in [0.2, 0.25) is 0 Å². The van der Waals surface area contributed by atoms with Crippen LogP contribution in [-0.2, 0) is 0 Å². The van der Waals surface area contributed by atoms with Crippen LogP contribution in [-0.4, -0.2) is 15.8 Å². The number of aromatic amines is 1. The second kappa shape index (κ2) is 3.06. The van der Waals surface area contributed by atoms with E-state index in [2.05, 4.69) is 9.97 Å². The molecule has 0 saturated carbocycles. The van der Waals surface area contributed by atoms with E-state index in [0.717, 1.165) is 0 Å². The largest absolute Gasteiger partial charge is 0.319 e. The predicted octanol–water partition coefficient (Wildman–Crippen LogP) is 1.13. The van der Waals surface area contributed by atoms with Gasteiger partial charge in [-0.25, -0.2) is 4.98 Å². The van der Waals surface area contributed by atoms with Crippen LogP contribution in [0.1, 0.15) is 17.3 Å². The number of fused-ring (bicyclic) bond motifs is 1. The molecule has 0 aliphatic carbocycles. The van der Waals surface area contributed by atoms with Crippen molar-refractivity contribution < 1.29 is 4.79 Å². The summed E-state index contributed by atoms with van der Waals surface area (Å²) in [5, 5.41) is 0. The van der Waals surface area contributed by atoms with Gasteiger partial charge in [0, 0.05) is 5.56 Å². The highest BCUT2D eigenvalue weighted by atomic mass is 16.1. The number of carbonyl (C=O) groups excluding carboxylic acids is 1. The van der Waals surface area contributed by atoms with Crippen molar-refractivity contribution in [2.24, 2.45) is 0 Å². The van der Waals surface area contributed by atoms with Gasteiger partial charge in [-0.3, -0.25) is 9.59 Å². The number of benzene rings is 1. The molecule has 1 aromatic carbocycles. The smallest absolute Gasteiger partial charge is 0.266 e. The molecule has 0 spiro atoms. The normalized spacial score (nSPS) is 10.4. The Morgan fingerprint density at radius 1 is 1.43 bits per heavy atom. The third-order valence-corrected chi connectivity index (χ3v) is 1.98. The number of hydrogen-bond donors (Lipinski definition) is 1. The van der Waals surface area contributed by atoms with E-state index in [1.54, 1.807) is 18.2 Å². The number of aromatic nitrogens is 2. The van der Waals surface area contributed by atoms with Crippen molar-refractivity contribution in [3.63, 3.8) is 0 Å². The van der Waals surface area contributed by atoms with Gasteiger partial charge < -0.3 is 4.98 Å². The summed E-state index contributed by atoms with van der Waals surface area (Å²) in [6.45, 7) is 1.47. The van der Waals surface area contributed by atoms with Gasteiger partial charge in [-0.15, -0.1) is 0 Å². The molecule has 0 aliphatic rings. The molecule has 1 aromatic heterocycles. The van der Waals surface area contributed by atoms with Gasteiger partial charge in [0.15, 0.2) is 5.78 Å². The molecule has 1 heterocycles. The first-order valence-electron chi connectivity index (χ1n) is 4.17. The number of rotatable bonds is 1. The summed E-state index contributed by atoms with van der Waals surface area (Å²) >= 11 is 0. The SMILES string of the molecule is CC(=O)c1cccc2[nH]c(=O)cnc12. The molecule has 2 aromatic rings. The lowest BCUT2D eigenvalue weighted by molar-refractivity contribution is 0.101. The summed E-state index contributed by atoms with van der Waals surface area (Å²) in [5.74, 6) is -0.0600. The third-order valence-electron chi connectivity index (χ3n) is 1.98. The van der Waals surface area contributed by atoms with Crippen molar-refractivity contribution in [3.8, 4) is 0 Å². The number of para-hydroxylation sites is 1. The van der Waals surface area contributed by atoms with Gasteiger partial charge in [0.05, 0.1) is 17.2 Å². The Balaban J connectivity index is 2.88. The molecule has 0 fully saturated rings. The molecule has 2 rings (SSSR count). The molecule has 0 unspecified atom stereocenters. The van der Waals surface area contributed by atoms with E-state index in [-0.39, 0.29) is 11.3 Å². The molecule has 0 amide bonds. The molecular formula is C10H8N2O2. The van der Waals surface area contributed by atoms with Gasteiger partial charge in [0.25, 0.3) is 5.56 Å². The maximum absolute atomic E-state index is 11.2. The van der Waals surface area contributed by atoms with Gasteiger partial charge in [-0.1, -0.05) is 6.07 Å². The van der Waals surface area contributed by atoms with E-state index >= 15 is 0 Å². The molecule has 0 atom stereocenters. The van der Waals surface area contributed by atoms with Crippen LogP contribution in [0.15, 0.2) is 29.2 Å². The first-order chi connectivity index (χ1) is 6.68. The highest BCUT2D eigenvalue weighted by Gasteiger charge is 2.06.